The van der Waals surface area contributed by atoms with Gasteiger partial charge in [0.1, 0.15) is 10.6 Å². The lowest BCUT2D eigenvalue weighted by molar-refractivity contribution is 0.0966. The number of ketones is 2. The normalized spacial score (nSPS) is 17.0. The largest absolute Gasteiger partial charge is 0.293 e. The molecule has 2 aromatic rings. The maximum Gasteiger partial charge on any atom is 0.227 e. The highest BCUT2D eigenvalue weighted by Gasteiger charge is 2.32. The lowest BCUT2D eigenvalue weighted by atomic mass is 9.98. The van der Waals surface area contributed by atoms with E-state index in [0.29, 0.717) is 17.1 Å². The Balaban J connectivity index is 1.91. The predicted molar refractivity (Wildman–Crippen MR) is 75.6 cm³/mol. The van der Waals surface area contributed by atoms with Crippen molar-refractivity contribution in [3.8, 4) is 0 Å². The van der Waals surface area contributed by atoms with E-state index in [9.17, 15) is 9.59 Å². The molecule has 19 heavy (non-hydrogen) atoms. The topological polar surface area (TPSA) is 59.4 Å². The van der Waals surface area contributed by atoms with Crippen LogP contribution in [-0.2, 0) is 6.54 Å². The van der Waals surface area contributed by atoms with E-state index in [2.05, 4.69) is 9.98 Å². The monoisotopic (exact) mass is 290 g/mol. The van der Waals surface area contributed by atoms with Gasteiger partial charge in [-0.3, -0.25) is 14.6 Å². The highest BCUT2D eigenvalue weighted by molar-refractivity contribution is 7.14. The molecular formula is C13H10N2O2S2. The Labute approximate surface area is 117 Å². The number of hydrogen-bond donors (Lipinski definition) is 0. The van der Waals surface area contributed by atoms with Gasteiger partial charge in [-0.25, -0.2) is 4.98 Å². The van der Waals surface area contributed by atoms with E-state index in [1.54, 1.807) is 18.3 Å². The Morgan fingerprint density at radius 1 is 1.42 bits per heavy atom. The molecule has 6 heteroatoms. The molecule has 0 spiro atoms. The standard InChI is InChI=1S/C13H10N2O2S2/c1-7-15-11-12(17)9(5-10(16)13(11)19-7)14-6-8-3-2-4-18-8/h2-4H,5-6H2,1H3. The van der Waals surface area contributed by atoms with Crippen LogP contribution in [-0.4, -0.2) is 22.3 Å². The lowest BCUT2D eigenvalue weighted by Gasteiger charge is -2.10. The second-order valence-corrected chi connectivity index (χ2v) is 6.42. The van der Waals surface area contributed by atoms with Crippen molar-refractivity contribution in [3.63, 3.8) is 0 Å². The van der Waals surface area contributed by atoms with E-state index >= 15 is 0 Å². The molecule has 0 aliphatic heterocycles. The molecule has 2 heterocycles. The van der Waals surface area contributed by atoms with E-state index in [1.807, 2.05) is 17.5 Å². The van der Waals surface area contributed by atoms with Gasteiger partial charge in [-0.2, -0.15) is 0 Å². The number of hydrogen-bond acceptors (Lipinski definition) is 6. The number of carbonyl (C=O) groups is 2. The first-order valence-electron chi connectivity index (χ1n) is 5.76. The highest BCUT2D eigenvalue weighted by atomic mass is 32.1. The van der Waals surface area contributed by atoms with Gasteiger partial charge in [0.05, 0.1) is 23.7 Å². The molecule has 0 N–H and O–H groups in total. The van der Waals surface area contributed by atoms with Gasteiger partial charge in [-0.15, -0.1) is 22.7 Å². The Hall–Kier alpha value is -1.66. The van der Waals surface area contributed by atoms with Crippen molar-refractivity contribution >= 4 is 40.0 Å². The zero-order chi connectivity index (χ0) is 13.4. The molecule has 2 aromatic heterocycles. The van der Waals surface area contributed by atoms with Gasteiger partial charge in [-0.1, -0.05) is 6.07 Å². The number of aromatic nitrogens is 1. The van der Waals surface area contributed by atoms with E-state index < -0.39 is 0 Å². The van der Waals surface area contributed by atoms with E-state index in [1.165, 1.54) is 11.3 Å². The SMILES string of the molecule is Cc1nc2c(s1)C(=O)CC(=NCc1cccs1)C2=O. The molecule has 0 saturated heterocycles. The van der Waals surface area contributed by atoms with Crippen LogP contribution in [0.4, 0.5) is 0 Å². The van der Waals surface area contributed by atoms with Crippen molar-refractivity contribution in [3.05, 3.63) is 38.0 Å². The number of aryl methyl sites for hydroxylation is 1. The van der Waals surface area contributed by atoms with Crippen LogP contribution in [0.25, 0.3) is 0 Å². The molecule has 0 unspecified atom stereocenters. The van der Waals surface area contributed by atoms with Crippen LogP contribution in [0.2, 0.25) is 0 Å². The average molecular weight is 290 g/mol. The van der Waals surface area contributed by atoms with Crippen LogP contribution in [0.3, 0.4) is 0 Å². The summed E-state index contributed by atoms with van der Waals surface area (Å²) in [4.78, 5) is 34.2. The molecule has 0 saturated carbocycles. The maximum atomic E-state index is 12.2. The third kappa shape index (κ3) is 2.29. The summed E-state index contributed by atoms with van der Waals surface area (Å²) in [6, 6.07) is 3.90. The summed E-state index contributed by atoms with van der Waals surface area (Å²) in [5, 5.41) is 2.71. The predicted octanol–water partition coefficient (Wildman–Crippen LogP) is 2.92. The molecule has 1 aliphatic rings. The summed E-state index contributed by atoms with van der Waals surface area (Å²) < 4.78 is 0. The number of fused-ring (bicyclic) bond motifs is 1. The van der Waals surface area contributed by atoms with Crippen molar-refractivity contribution in [2.45, 2.75) is 19.9 Å². The van der Waals surface area contributed by atoms with Crippen LogP contribution < -0.4 is 0 Å². The molecule has 0 bridgehead atoms. The van der Waals surface area contributed by atoms with Gasteiger partial charge < -0.3 is 0 Å². The number of aliphatic imine (C=N–C) groups is 1. The number of rotatable bonds is 2. The van der Waals surface area contributed by atoms with Crippen molar-refractivity contribution in [2.75, 3.05) is 0 Å². The number of nitrogens with zero attached hydrogens (tertiary/aromatic N) is 2. The molecule has 0 atom stereocenters. The minimum Gasteiger partial charge on any atom is -0.293 e. The van der Waals surface area contributed by atoms with Crippen molar-refractivity contribution in [1.82, 2.24) is 4.98 Å². The zero-order valence-corrected chi connectivity index (χ0v) is 11.8. The first kappa shape index (κ1) is 12.4. The van der Waals surface area contributed by atoms with Crippen LogP contribution >= 0.6 is 22.7 Å². The van der Waals surface area contributed by atoms with Gasteiger partial charge in [0, 0.05) is 4.88 Å². The molecule has 4 nitrogen and oxygen atoms in total. The first-order valence-corrected chi connectivity index (χ1v) is 7.46. The minimum atomic E-state index is -0.199. The van der Waals surface area contributed by atoms with E-state index in [4.69, 9.17) is 0 Å². The van der Waals surface area contributed by atoms with Gasteiger partial charge in [0.25, 0.3) is 0 Å². The summed E-state index contributed by atoms with van der Waals surface area (Å²) in [6.45, 7) is 2.25. The smallest absolute Gasteiger partial charge is 0.227 e. The number of thiophene rings is 1. The molecule has 3 rings (SSSR count). The van der Waals surface area contributed by atoms with Crippen LogP contribution in [0.1, 0.15) is 36.5 Å². The Bertz CT molecular complexity index is 684. The van der Waals surface area contributed by atoms with E-state index in [-0.39, 0.29) is 23.7 Å². The third-order valence-corrected chi connectivity index (χ3v) is 4.67. The molecule has 0 fully saturated rings. The molecular weight excluding hydrogens is 280 g/mol. The average Bonchev–Trinajstić information content (AvgIpc) is 3.01. The molecule has 0 amide bonds. The lowest BCUT2D eigenvalue weighted by Crippen LogP contribution is -2.26. The summed E-state index contributed by atoms with van der Waals surface area (Å²) in [5.74, 6) is -0.249. The van der Waals surface area contributed by atoms with Gasteiger partial charge >= 0.3 is 0 Å². The molecule has 0 aromatic carbocycles. The maximum absolute atomic E-state index is 12.2. The molecule has 0 radical (unpaired) electrons. The van der Waals surface area contributed by atoms with Crippen LogP contribution in [0.5, 0.6) is 0 Å². The van der Waals surface area contributed by atoms with E-state index in [0.717, 1.165) is 9.88 Å². The second kappa shape index (κ2) is 4.79. The number of Topliss-reactive ketones (excluding diaryl/α,β-unsaturated/α-hetero) is 2. The number of carbonyl (C=O) groups excluding carboxylic acids is 2. The van der Waals surface area contributed by atoms with Crippen LogP contribution in [0, 0.1) is 6.92 Å². The summed E-state index contributed by atoms with van der Waals surface area (Å²) in [7, 11) is 0. The second-order valence-electron chi connectivity index (χ2n) is 4.18. The van der Waals surface area contributed by atoms with Crippen molar-refractivity contribution in [1.29, 1.82) is 0 Å². The zero-order valence-electron chi connectivity index (χ0n) is 10.2. The number of thiazole rings is 1. The van der Waals surface area contributed by atoms with Gasteiger partial charge in [0.2, 0.25) is 5.78 Å². The fourth-order valence-corrected chi connectivity index (χ4v) is 3.40. The first-order chi connectivity index (χ1) is 9.15. The quantitative estimate of drug-likeness (QED) is 0.854. The van der Waals surface area contributed by atoms with Crippen LogP contribution in [0.15, 0.2) is 22.5 Å². The summed E-state index contributed by atoms with van der Waals surface area (Å²) in [5.41, 5.74) is 0.611. The fraction of sp³-hybridized carbons (Fsp3) is 0.231. The van der Waals surface area contributed by atoms with Gasteiger partial charge in [-0.05, 0) is 18.4 Å². The molecule has 1 aliphatic carbocycles. The summed E-state index contributed by atoms with van der Waals surface area (Å²) in [6.07, 6.45) is 0.0961. The van der Waals surface area contributed by atoms with Gasteiger partial charge in [0.15, 0.2) is 5.78 Å². The molecule has 96 valence electrons. The summed E-state index contributed by atoms with van der Waals surface area (Å²) >= 11 is 2.87. The van der Waals surface area contributed by atoms with Crippen molar-refractivity contribution in [2.24, 2.45) is 4.99 Å². The fourth-order valence-electron chi connectivity index (χ4n) is 1.92. The highest BCUT2D eigenvalue weighted by Crippen LogP contribution is 2.25. The Kier molecular flexibility index (Phi) is 3.12. The third-order valence-electron chi connectivity index (χ3n) is 2.80. The minimum absolute atomic E-state index is 0.0508. The Morgan fingerprint density at radius 3 is 3.00 bits per heavy atom. The van der Waals surface area contributed by atoms with Crippen molar-refractivity contribution < 1.29 is 9.59 Å². The Morgan fingerprint density at radius 2 is 2.26 bits per heavy atom.